The number of imidazole rings is 1. The smallest absolute Gasteiger partial charge is 0.543 e. The van der Waals surface area contributed by atoms with E-state index in [2.05, 4.69) is 4.98 Å². The first-order valence-electron chi connectivity index (χ1n) is 6.41. The number of aromatic nitrogens is 2. The van der Waals surface area contributed by atoms with E-state index in [0.29, 0.717) is 24.5 Å². The minimum atomic E-state index is -1.33. The van der Waals surface area contributed by atoms with Gasteiger partial charge in [-0.2, -0.15) is 0 Å². The third-order valence-electron chi connectivity index (χ3n) is 3.63. The van der Waals surface area contributed by atoms with E-state index in [4.69, 9.17) is 4.74 Å². The number of thioether (sulfide) groups is 1. The summed E-state index contributed by atoms with van der Waals surface area (Å²) >= 11 is 1.29. The Kier molecular flexibility index (Phi) is 4.21. The first-order valence-corrected chi connectivity index (χ1v) is 7.35. The van der Waals surface area contributed by atoms with Crippen molar-refractivity contribution in [3.05, 3.63) is 34.4 Å². The van der Waals surface area contributed by atoms with E-state index >= 15 is 0 Å². The third-order valence-corrected chi connectivity index (χ3v) is 4.71. The molecule has 0 bridgehead atoms. The fraction of sp³-hybridized carbons (Fsp3) is 0.308. The van der Waals surface area contributed by atoms with Gasteiger partial charge in [-0.3, -0.25) is 9.69 Å². The van der Waals surface area contributed by atoms with Crippen LogP contribution in [0.5, 0.6) is 0 Å². The standard InChI is InChI=1S/C13H11N3O4S.Na/c17-11-8(12-16(11)9(6-21-12)13(18)19)3-7-4-15-1-2-20-5-10(15)14-7;/h3-4,6,12H,1-2,5H2,(H,18,19);/q;+1/p-1/b8-3-;/t12-;/m1./s1. The molecule has 1 fully saturated rings. The molecule has 108 valence electrons. The van der Waals surface area contributed by atoms with E-state index in [0.717, 1.165) is 12.4 Å². The van der Waals surface area contributed by atoms with Gasteiger partial charge in [-0.25, -0.2) is 4.98 Å². The quantitative estimate of drug-likeness (QED) is 0.316. The second-order valence-electron chi connectivity index (χ2n) is 4.88. The van der Waals surface area contributed by atoms with Gasteiger partial charge in [0.25, 0.3) is 5.91 Å². The van der Waals surface area contributed by atoms with Crippen molar-refractivity contribution in [2.45, 2.75) is 18.5 Å². The van der Waals surface area contributed by atoms with Gasteiger partial charge in [-0.05, 0) is 11.5 Å². The average Bonchev–Trinajstić information content (AvgIpc) is 3.05. The predicted molar refractivity (Wildman–Crippen MR) is 71.2 cm³/mol. The molecule has 1 atom stereocenters. The van der Waals surface area contributed by atoms with Gasteiger partial charge >= 0.3 is 29.6 Å². The Morgan fingerprint density at radius 2 is 2.36 bits per heavy atom. The molecule has 9 heteroatoms. The minimum Gasteiger partial charge on any atom is -0.543 e. The molecular formula is C13H10N3NaO4S. The van der Waals surface area contributed by atoms with Gasteiger partial charge in [0.2, 0.25) is 0 Å². The number of nitrogens with zero attached hydrogens (tertiary/aromatic N) is 3. The van der Waals surface area contributed by atoms with Crippen LogP contribution in [0.3, 0.4) is 0 Å². The summed E-state index contributed by atoms with van der Waals surface area (Å²) in [7, 11) is 0. The van der Waals surface area contributed by atoms with Crippen LogP contribution in [0, 0.1) is 0 Å². The number of carbonyl (C=O) groups is 2. The SMILES string of the molecule is O=C([O-])C1=CS[C@@H]2/C(=C\c3cn4c(n3)COCC4)C(=O)N12.[Na+]. The van der Waals surface area contributed by atoms with Crippen LogP contribution in [0.25, 0.3) is 6.08 Å². The molecule has 1 aromatic heterocycles. The first-order chi connectivity index (χ1) is 10.1. The van der Waals surface area contributed by atoms with Crippen LogP contribution < -0.4 is 34.7 Å². The maximum absolute atomic E-state index is 12.1. The average molecular weight is 327 g/mol. The molecule has 0 aliphatic carbocycles. The van der Waals surface area contributed by atoms with Crippen molar-refractivity contribution in [3.63, 3.8) is 0 Å². The van der Waals surface area contributed by atoms with E-state index < -0.39 is 5.97 Å². The van der Waals surface area contributed by atoms with Crippen molar-refractivity contribution < 1.29 is 49.0 Å². The number of hydrogen-bond donors (Lipinski definition) is 0. The van der Waals surface area contributed by atoms with Crippen molar-refractivity contribution in [1.29, 1.82) is 0 Å². The number of β-lactam (4-membered cyclic amide) rings is 1. The number of amides is 1. The van der Waals surface area contributed by atoms with Crippen LogP contribution in [0.1, 0.15) is 11.5 Å². The van der Waals surface area contributed by atoms with Gasteiger partial charge in [0.05, 0.1) is 29.5 Å². The molecule has 1 amide bonds. The molecule has 0 aromatic carbocycles. The van der Waals surface area contributed by atoms with Crippen LogP contribution in [-0.2, 0) is 27.5 Å². The molecule has 1 saturated heterocycles. The number of carbonyl (C=O) groups excluding carboxylic acids is 2. The fourth-order valence-electron chi connectivity index (χ4n) is 2.60. The van der Waals surface area contributed by atoms with Gasteiger partial charge in [-0.1, -0.05) is 0 Å². The van der Waals surface area contributed by atoms with Gasteiger partial charge in [-0.15, -0.1) is 11.8 Å². The molecule has 3 aliphatic rings. The molecule has 0 radical (unpaired) electrons. The van der Waals surface area contributed by atoms with E-state index in [9.17, 15) is 14.7 Å². The maximum atomic E-state index is 12.1. The molecule has 7 nitrogen and oxygen atoms in total. The minimum absolute atomic E-state index is 0. The Bertz CT molecular complexity index is 703. The number of hydrogen-bond acceptors (Lipinski definition) is 6. The van der Waals surface area contributed by atoms with Crippen LogP contribution in [0.4, 0.5) is 0 Å². The molecule has 1 aromatic rings. The number of aliphatic carboxylic acids is 1. The predicted octanol–water partition coefficient (Wildman–Crippen LogP) is -3.69. The second-order valence-corrected chi connectivity index (χ2v) is 5.84. The normalized spacial score (nSPS) is 24.3. The van der Waals surface area contributed by atoms with E-state index in [1.54, 1.807) is 6.08 Å². The molecule has 0 N–H and O–H groups in total. The molecule has 0 unspecified atom stereocenters. The largest absolute Gasteiger partial charge is 1.00 e. The third kappa shape index (κ3) is 2.35. The molecular weight excluding hydrogens is 317 g/mol. The molecule has 3 aliphatic heterocycles. The Hall–Kier alpha value is -1.06. The Morgan fingerprint density at radius 3 is 3.09 bits per heavy atom. The van der Waals surface area contributed by atoms with Crippen LogP contribution in [0.2, 0.25) is 0 Å². The second kappa shape index (κ2) is 5.86. The number of fused-ring (bicyclic) bond motifs is 2. The summed E-state index contributed by atoms with van der Waals surface area (Å²) in [6.45, 7) is 1.88. The summed E-state index contributed by atoms with van der Waals surface area (Å²) in [4.78, 5) is 28.6. The number of rotatable bonds is 2. The molecule has 0 saturated carbocycles. The zero-order valence-electron chi connectivity index (χ0n) is 11.8. The monoisotopic (exact) mass is 327 g/mol. The van der Waals surface area contributed by atoms with E-state index in [1.807, 2.05) is 10.8 Å². The van der Waals surface area contributed by atoms with E-state index in [-0.39, 0.29) is 46.5 Å². The van der Waals surface area contributed by atoms with Crippen molar-refractivity contribution in [2.75, 3.05) is 6.61 Å². The van der Waals surface area contributed by atoms with Crippen LogP contribution in [0.15, 0.2) is 22.9 Å². The summed E-state index contributed by atoms with van der Waals surface area (Å²) in [5.74, 6) is -0.793. The fourth-order valence-corrected chi connectivity index (χ4v) is 3.71. The van der Waals surface area contributed by atoms with Gasteiger partial charge < -0.3 is 19.2 Å². The summed E-state index contributed by atoms with van der Waals surface area (Å²) in [6, 6.07) is 0. The number of ether oxygens (including phenoxy) is 1. The van der Waals surface area contributed by atoms with E-state index in [1.165, 1.54) is 22.1 Å². The van der Waals surface area contributed by atoms with Crippen LogP contribution in [-0.4, -0.2) is 38.3 Å². The molecule has 22 heavy (non-hydrogen) atoms. The zero-order chi connectivity index (χ0) is 14.6. The van der Waals surface area contributed by atoms with Crippen LogP contribution >= 0.6 is 11.8 Å². The zero-order valence-corrected chi connectivity index (χ0v) is 14.6. The van der Waals surface area contributed by atoms with Crippen molar-refractivity contribution in [3.8, 4) is 0 Å². The summed E-state index contributed by atoms with van der Waals surface area (Å²) in [6.07, 6.45) is 3.60. The Labute approximate surface area is 152 Å². The first kappa shape index (κ1) is 15.8. The summed E-state index contributed by atoms with van der Waals surface area (Å²) in [5, 5.41) is 12.1. The molecule has 4 heterocycles. The van der Waals surface area contributed by atoms with Gasteiger partial charge in [0.15, 0.2) is 0 Å². The van der Waals surface area contributed by atoms with Crippen molar-refractivity contribution >= 4 is 29.7 Å². The Morgan fingerprint density at radius 1 is 1.55 bits per heavy atom. The van der Waals surface area contributed by atoms with Crippen molar-refractivity contribution in [1.82, 2.24) is 14.5 Å². The maximum Gasteiger partial charge on any atom is 1.00 e. The van der Waals surface area contributed by atoms with Gasteiger partial charge in [0, 0.05) is 12.7 Å². The molecule has 0 spiro atoms. The number of carboxylic acids is 1. The molecule has 4 rings (SSSR count). The van der Waals surface area contributed by atoms with Crippen molar-refractivity contribution in [2.24, 2.45) is 0 Å². The number of carboxylic acid groups (broad SMARTS) is 1. The summed E-state index contributed by atoms with van der Waals surface area (Å²) in [5.41, 5.74) is 1.19. The summed E-state index contributed by atoms with van der Waals surface area (Å²) < 4.78 is 7.33. The van der Waals surface area contributed by atoms with Gasteiger partial charge in [0.1, 0.15) is 17.8 Å². The topological polar surface area (TPSA) is 87.5 Å². The Balaban J connectivity index is 0.00000144.